The molecule has 12 nitrogen and oxygen atoms in total. The molecule has 0 aromatic carbocycles. The zero-order valence-corrected chi connectivity index (χ0v) is 31.8. The van der Waals surface area contributed by atoms with Crippen molar-refractivity contribution in [1.82, 2.24) is 31.5 Å². The highest BCUT2D eigenvalue weighted by atomic mass is 16.2. The smallest absolute Gasteiger partial charge is 0.315 e. The molecule has 0 bridgehead atoms. The van der Waals surface area contributed by atoms with Gasteiger partial charge < -0.3 is 31.5 Å². The fourth-order valence-electron chi connectivity index (χ4n) is 8.15. The second-order valence-corrected chi connectivity index (χ2v) is 18.3. The first-order valence-corrected chi connectivity index (χ1v) is 18.5. The van der Waals surface area contributed by atoms with E-state index in [0.29, 0.717) is 13.0 Å². The predicted molar refractivity (Wildman–Crippen MR) is 192 cm³/mol. The Balaban J connectivity index is 1.58. The third kappa shape index (κ3) is 9.07. The average molecular weight is 699 g/mol. The van der Waals surface area contributed by atoms with Gasteiger partial charge in [-0.25, -0.2) is 4.79 Å². The van der Waals surface area contributed by atoms with Gasteiger partial charge in [0.05, 0.1) is 6.04 Å². The molecule has 0 aromatic heterocycles. The lowest BCUT2D eigenvalue weighted by molar-refractivity contribution is -0.147. The molecule has 6 amide bonds. The highest BCUT2D eigenvalue weighted by molar-refractivity contribution is 6.38. The van der Waals surface area contributed by atoms with Gasteiger partial charge in [0.2, 0.25) is 23.5 Å². The second kappa shape index (κ2) is 14.7. The van der Waals surface area contributed by atoms with Crippen molar-refractivity contribution in [3.63, 3.8) is 0 Å². The largest absolute Gasteiger partial charge is 0.346 e. The summed E-state index contributed by atoms with van der Waals surface area (Å²) >= 11 is 0. The number of piperidine rings is 1. The van der Waals surface area contributed by atoms with E-state index in [4.69, 9.17) is 0 Å². The maximum absolute atomic E-state index is 14.6. The van der Waals surface area contributed by atoms with Crippen molar-refractivity contribution in [1.29, 1.82) is 0 Å². The maximum atomic E-state index is 14.6. The topological polar surface area (TPSA) is 166 Å². The summed E-state index contributed by atoms with van der Waals surface area (Å²) in [6, 6.07) is -4.19. The molecule has 1 aliphatic heterocycles. The third-order valence-corrected chi connectivity index (χ3v) is 11.4. The number of ketones is 1. The minimum atomic E-state index is -1.00. The SMILES string of the molecule is C=CCNC(=O)C(=O)C(CC1CC1)NC(=O)[C@@H]1[C@@H]2[C@H](CN1C(=O)[C@@H](NC(=O)[C@@H](NC(=O)NC(C)(C)C)C1(C)CCCCC1)C(C)(C)C)C2(C)C. The summed E-state index contributed by atoms with van der Waals surface area (Å²) in [4.78, 5) is 83.6. The summed E-state index contributed by atoms with van der Waals surface area (Å²) in [5, 5.41) is 14.3. The van der Waals surface area contributed by atoms with Gasteiger partial charge in [-0.15, -0.1) is 6.58 Å². The molecule has 50 heavy (non-hydrogen) atoms. The van der Waals surface area contributed by atoms with Crippen LogP contribution in [0.4, 0.5) is 4.79 Å². The number of carbonyl (C=O) groups is 6. The Kier molecular flexibility index (Phi) is 11.5. The highest BCUT2D eigenvalue weighted by Gasteiger charge is 2.70. The Morgan fingerprint density at radius 3 is 2.06 bits per heavy atom. The number of nitrogens with zero attached hydrogens (tertiary/aromatic N) is 1. The molecule has 1 unspecified atom stereocenters. The highest BCUT2D eigenvalue weighted by Crippen LogP contribution is 2.65. The van der Waals surface area contributed by atoms with Crippen LogP contribution in [0.3, 0.4) is 0 Å². The van der Waals surface area contributed by atoms with Crippen LogP contribution in [0.1, 0.15) is 114 Å². The fourth-order valence-corrected chi connectivity index (χ4v) is 8.15. The second-order valence-electron chi connectivity index (χ2n) is 18.3. The van der Waals surface area contributed by atoms with Crippen LogP contribution in [0, 0.1) is 34.0 Å². The molecule has 4 rings (SSSR count). The van der Waals surface area contributed by atoms with Gasteiger partial charge in [0.1, 0.15) is 18.1 Å². The number of carbonyl (C=O) groups excluding carboxylic acids is 6. The number of hydrogen-bond donors (Lipinski definition) is 5. The summed E-state index contributed by atoms with van der Waals surface area (Å²) in [6.45, 7) is 21.4. The molecule has 6 atom stereocenters. The van der Waals surface area contributed by atoms with E-state index in [9.17, 15) is 28.8 Å². The van der Waals surface area contributed by atoms with E-state index in [-0.39, 0.29) is 35.6 Å². The summed E-state index contributed by atoms with van der Waals surface area (Å²) < 4.78 is 0. The van der Waals surface area contributed by atoms with Crippen molar-refractivity contribution < 1.29 is 28.8 Å². The summed E-state index contributed by atoms with van der Waals surface area (Å²) in [6.07, 6.45) is 8.16. The quantitative estimate of drug-likeness (QED) is 0.146. The first-order chi connectivity index (χ1) is 23.1. The zero-order valence-electron chi connectivity index (χ0n) is 31.8. The molecule has 5 N–H and O–H groups in total. The molecule has 0 radical (unpaired) electrons. The van der Waals surface area contributed by atoms with E-state index < -0.39 is 70.1 Å². The predicted octanol–water partition coefficient (Wildman–Crippen LogP) is 3.59. The third-order valence-electron chi connectivity index (χ3n) is 11.4. The number of urea groups is 1. The van der Waals surface area contributed by atoms with Crippen molar-refractivity contribution in [2.75, 3.05) is 13.1 Å². The van der Waals surface area contributed by atoms with Crippen molar-refractivity contribution >= 4 is 35.4 Å². The first-order valence-electron chi connectivity index (χ1n) is 18.5. The van der Waals surface area contributed by atoms with Crippen molar-refractivity contribution in [2.45, 2.75) is 143 Å². The van der Waals surface area contributed by atoms with Crippen LogP contribution in [0.2, 0.25) is 0 Å². The molecule has 0 aromatic rings. The normalized spacial score (nSPS) is 25.5. The fraction of sp³-hybridized carbons (Fsp3) is 0.789. The van der Waals surface area contributed by atoms with Crippen LogP contribution in [-0.4, -0.2) is 83.1 Å². The maximum Gasteiger partial charge on any atom is 0.315 e. The van der Waals surface area contributed by atoms with E-state index in [1.165, 1.54) is 6.08 Å². The van der Waals surface area contributed by atoms with Crippen LogP contribution in [0.5, 0.6) is 0 Å². The van der Waals surface area contributed by atoms with Crippen LogP contribution < -0.4 is 26.6 Å². The lowest BCUT2D eigenvalue weighted by atomic mass is 9.70. The standard InChI is InChI=1S/C38H62N6O6/c1-11-19-39-31(47)27(45)24(20-22-15-16-22)40-30(46)26-25-23(37(25,8)9)21-44(26)33(49)29(35(2,3)4)41-32(48)28(38(10)17-13-12-14-18-38)42-34(50)43-36(5,6)7/h11,22-26,28-29H,1,12-21H2,2-10H3,(H,39,47)(H,40,46)(H,41,48)(H2,42,43,50)/t23-,24?,25-,26-,28+,29+/m0/s1. The molecule has 280 valence electrons. The molecule has 3 saturated carbocycles. The monoisotopic (exact) mass is 698 g/mol. The first kappa shape index (κ1) is 39.3. The van der Waals surface area contributed by atoms with Gasteiger partial charge in [0.25, 0.3) is 5.91 Å². The van der Waals surface area contributed by atoms with Crippen LogP contribution in [0.15, 0.2) is 12.7 Å². The van der Waals surface area contributed by atoms with Crippen LogP contribution >= 0.6 is 0 Å². The Hall–Kier alpha value is -3.44. The van der Waals surface area contributed by atoms with Crippen LogP contribution in [0.25, 0.3) is 0 Å². The molecule has 4 fully saturated rings. The number of amides is 6. The molecule has 4 aliphatic rings. The summed E-state index contributed by atoms with van der Waals surface area (Å²) in [5.74, 6) is -2.57. The van der Waals surface area contributed by atoms with Gasteiger partial charge >= 0.3 is 6.03 Å². The molecule has 12 heteroatoms. The number of hydrogen-bond acceptors (Lipinski definition) is 6. The minimum Gasteiger partial charge on any atom is -0.346 e. The zero-order chi connectivity index (χ0) is 37.4. The lowest BCUT2D eigenvalue weighted by Gasteiger charge is -2.42. The lowest BCUT2D eigenvalue weighted by Crippen LogP contribution is -2.65. The number of fused-ring (bicyclic) bond motifs is 1. The van der Waals surface area contributed by atoms with E-state index in [0.717, 1.165) is 44.9 Å². The van der Waals surface area contributed by atoms with E-state index in [2.05, 4.69) is 47.0 Å². The Bertz CT molecular complexity index is 1350. The number of likely N-dealkylation sites (tertiary alicyclic amines) is 1. The van der Waals surface area contributed by atoms with Crippen molar-refractivity contribution in [3.05, 3.63) is 12.7 Å². The molecule has 0 spiro atoms. The average Bonchev–Trinajstić information content (AvgIpc) is 3.86. The van der Waals surface area contributed by atoms with Gasteiger partial charge in [-0.2, -0.15) is 0 Å². The van der Waals surface area contributed by atoms with Gasteiger partial charge in [0.15, 0.2) is 0 Å². The van der Waals surface area contributed by atoms with Crippen molar-refractivity contribution in [3.8, 4) is 0 Å². The summed E-state index contributed by atoms with van der Waals surface area (Å²) in [7, 11) is 0. The molecular weight excluding hydrogens is 636 g/mol. The molecule has 1 heterocycles. The van der Waals surface area contributed by atoms with E-state index >= 15 is 0 Å². The Morgan fingerprint density at radius 2 is 1.52 bits per heavy atom. The summed E-state index contributed by atoms with van der Waals surface area (Å²) in [5.41, 5.74) is -1.96. The van der Waals surface area contributed by atoms with Gasteiger partial charge in [0, 0.05) is 18.6 Å². The van der Waals surface area contributed by atoms with E-state index in [1.54, 1.807) is 4.90 Å². The number of nitrogens with one attached hydrogen (secondary N) is 5. The Morgan fingerprint density at radius 1 is 0.900 bits per heavy atom. The minimum absolute atomic E-state index is 0.0728. The van der Waals surface area contributed by atoms with Crippen LogP contribution in [-0.2, 0) is 24.0 Å². The Labute approximate surface area is 298 Å². The molecule has 1 saturated heterocycles. The van der Waals surface area contributed by atoms with Gasteiger partial charge in [-0.05, 0) is 74.0 Å². The molecular formula is C38H62N6O6. The van der Waals surface area contributed by atoms with Gasteiger partial charge in [-0.3, -0.25) is 24.0 Å². The number of Topliss-reactive ketones (excluding diaryl/α,β-unsaturated/α-hetero) is 1. The van der Waals surface area contributed by atoms with Gasteiger partial charge in [-0.1, -0.05) is 79.7 Å². The molecule has 3 aliphatic carbocycles. The number of rotatable bonds is 13. The van der Waals surface area contributed by atoms with E-state index in [1.807, 2.05) is 48.5 Å². The van der Waals surface area contributed by atoms with Crippen molar-refractivity contribution in [2.24, 2.45) is 34.0 Å².